The monoisotopic (exact) mass is 1030 g/mol. The highest BCUT2D eigenvalue weighted by Crippen LogP contribution is 2.18. The summed E-state index contributed by atoms with van der Waals surface area (Å²) >= 11 is 0. The van der Waals surface area contributed by atoms with Gasteiger partial charge in [-0.15, -0.1) is 0 Å². The zero-order valence-electron chi connectivity index (χ0n) is 49.4. The first-order chi connectivity index (χ1) is 36.0. The summed E-state index contributed by atoms with van der Waals surface area (Å²) in [7, 11) is 0. The molecule has 0 aliphatic heterocycles. The highest BCUT2D eigenvalue weighted by Gasteiger charge is 2.19. The Morgan fingerprint density at radius 1 is 0.260 bits per heavy atom. The van der Waals surface area contributed by atoms with Gasteiger partial charge in [0, 0.05) is 19.3 Å². The van der Waals surface area contributed by atoms with Crippen molar-refractivity contribution in [2.24, 2.45) is 0 Å². The van der Waals surface area contributed by atoms with E-state index in [9.17, 15) is 14.4 Å². The van der Waals surface area contributed by atoms with Crippen LogP contribution in [0.3, 0.4) is 0 Å². The van der Waals surface area contributed by atoms with Gasteiger partial charge in [-0.2, -0.15) is 0 Å². The topological polar surface area (TPSA) is 78.9 Å². The number of esters is 3. The molecule has 0 spiro atoms. The van der Waals surface area contributed by atoms with Gasteiger partial charge in [-0.3, -0.25) is 14.4 Å². The molecule has 0 saturated carbocycles. The van der Waals surface area contributed by atoms with Crippen molar-refractivity contribution in [1.29, 1.82) is 0 Å². The van der Waals surface area contributed by atoms with E-state index in [1.807, 2.05) is 0 Å². The fourth-order valence-corrected chi connectivity index (χ4v) is 9.97. The Kier molecular flexibility index (Phi) is 60.6. The normalized spacial score (nSPS) is 12.1. The van der Waals surface area contributed by atoms with Crippen LogP contribution in [0.5, 0.6) is 0 Å². The van der Waals surface area contributed by atoms with Crippen molar-refractivity contribution >= 4 is 17.9 Å². The minimum atomic E-state index is -0.773. The largest absolute Gasteiger partial charge is 0.462 e. The van der Waals surface area contributed by atoms with E-state index >= 15 is 0 Å². The predicted molar refractivity (Wildman–Crippen MR) is 316 cm³/mol. The van der Waals surface area contributed by atoms with Gasteiger partial charge < -0.3 is 14.2 Å². The summed E-state index contributed by atoms with van der Waals surface area (Å²) < 4.78 is 17.0. The van der Waals surface area contributed by atoms with Crippen molar-refractivity contribution in [3.63, 3.8) is 0 Å². The summed E-state index contributed by atoms with van der Waals surface area (Å²) in [6.07, 6.45) is 74.7. The van der Waals surface area contributed by atoms with Gasteiger partial charge in [-0.05, 0) is 70.6 Å². The molecule has 0 aromatic heterocycles. The fourth-order valence-electron chi connectivity index (χ4n) is 9.97. The minimum absolute atomic E-state index is 0.0699. The molecule has 0 aromatic carbocycles. The second kappa shape index (κ2) is 62.4. The van der Waals surface area contributed by atoms with Gasteiger partial charge in [-0.25, -0.2) is 0 Å². The third-order valence-electron chi connectivity index (χ3n) is 14.9. The van der Waals surface area contributed by atoms with Gasteiger partial charge in [0.15, 0.2) is 6.10 Å². The molecule has 0 aliphatic rings. The van der Waals surface area contributed by atoms with Gasteiger partial charge in [0.05, 0.1) is 0 Å². The second-order valence-corrected chi connectivity index (χ2v) is 22.4. The number of ether oxygens (including phenoxy) is 3. The van der Waals surface area contributed by atoms with E-state index in [-0.39, 0.29) is 31.1 Å². The Morgan fingerprint density at radius 2 is 0.452 bits per heavy atom. The Morgan fingerprint density at radius 3 is 0.685 bits per heavy atom. The van der Waals surface area contributed by atoms with Gasteiger partial charge >= 0.3 is 17.9 Å². The zero-order chi connectivity index (χ0) is 52.9. The van der Waals surface area contributed by atoms with Gasteiger partial charge in [0.1, 0.15) is 13.2 Å². The molecular formula is C67H126O6. The molecule has 0 N–H and O–H groups in total. The van der Waals surface area contributed by atoms with E-state index in [1.54, 1.807) is 0 Å². The molecule has 0 amide bonds. The molecule has 0 fully saturated rings. The van der Waals surface area contributed by atoms with E-state index in [2.05, 4.69) is 45.1 Å². The summed E-state index contributed by atoms with van der Waals surface area (Å²) in [5.41, 5.74) is 0. The Bertz CT molecular complexity index is 1180. The first kappa shape index (κ1) is 70.9. The predicted octanol–water partition coefficient (Wildman–Crippen LogP) is 22.2. The number of rotatable bonds is 61. The lowest BCUT2D eigenvalue weighted by Gasteiger charge is -2.18. The fraction of sp³-hybridized carbons (Fsp3) is 0.896. The number of carbonyl (C=O) groups excluding carboxylic acids is 3. The van der Waals surface area contributed by atoms with E-state index in [4.69, 9.17) is 14.2 Å². The summed E-state index contributed by atoms with van der Waals surface area (Å²) in [5.74, 6) is -0.852. The SMILES string of the molecule is CCCCCCCCC/C=C\CCCCCCCC(=O)OCC(COC(=O)CCCCCCCCCCC/C=C\CCCCCCCCCC)OC(=O)CCCCCCCCCCCCCCCCCCCC. The van der Waals surface area contributed by atoms with Crippen molar-refractivity contribution < 1.29 is 28.6 Å². The summed E-state index contributed by atoms with van der Waals surface area (Å²) in [6.45, 7) is 6.70. The Hall–Kier alpha value is -2.11. The minimum Gasteiger partial charge on any atom is -0.462 e. The summed E-state index contributed by atoms with van der Waals surface area (Å²) in [4.78, 5) is 38.3. The lowest BCUT2D eigenvalue weighted by atomic mass is 10.0. The van der Waals surface area contributed by atoms with Crippen molar-refractivity contribution in [3.05, 3.63) is 24.3 Å². The first-order valence-electron chi connectivity index (χ1n) is 32.8. The molecule has 0 rings (SSSR count). The molecular weight excluding hydrogens is 901 g/mol. The number of allylic oxidation sites excluding steroid dienone is 4. The van der Waals surface area contributed by atoms with Crippen LogP contribution in [0.25, 0.3) is 0 Å². The van der Waals surface area contributed by atoms with E-state index < -0.39 is 6.10 Å². The molecule has 0 aromatic rings. The summed E-state index contributed by atoms with van der Waals surface area (Å²) in [5, 5.41) is 0. The Labute approximate surface area is 455 Å². The number of hydrogen-bond acceptors (Lipinski definition) is 6. The second-order valence-electron chi connectivity index (χ2n) is 22.4. The summed E-state index contributed by atoms with van der Waals surface area (Å²) in [6, 6.07) is 0. The van der Waals surface area contributed by atoms with E-state index in [0.29, 0.717) is 19.3 Å². The molecule has 6 heteroatoms. The molecule has 6 nitrogen and oxygen atoms in total. The lowest BCUT2D eigenvalue weighted by molar-refractivity contribution is -0.167. The maximum absolute atomic E-state index is 12.9. The van der Waals surface area contributed by atoms with Crippen LogP contribution in [0.4, 0.5) is 0 Å². The third-order valence-corrected chi connectivity index (χ3v) is 14.9. The molecule has 0 radical (unpaired) electrons. The van der Waals surface area contributed by atoms with Crippen molar-refractivity contribution in [1.82, 2.24) is 0 Å². The van der Waals surface area contributed by atoms with Crippen LogP contribution < -0.4 is 0 Å². The number of unbranched alkanes of at least 4 members (excludes halogenated alkanes) is 46. The van der Waals surface area contributed by atoms with Crippen LogP contribution in [0.1, 0.15) is 367 Å². The smallest absolute Gasteiger partial charge is 0.306 e. The van der Waals surface area contributed by atoms with Crippen LogP contribution in [0.15, 0.2) is 24.3 Å². The third kappa shape index (κ3) is 60.6. The van der Waals surface area contributed by atoms with Crippen LogP contribution in [-0.2, 0) is 28.6 Å². The van der Waals surface area contributed by atoms with E-state index in [0.717, 1.165) is 64.2 Å². The lowest BCUT2D eigenvalue weighted by Crippen LogP contribution is -2.30. The molecule has 73 heavy (non-hydrogen) atoms. The molecule has 1 atom stereocenters. The van der Waals surface area contributed by atoms with Crippen LogP contribution in [0.2, 0.25) is 0 Å². The standard InChI is InChI=1S/C67H126O6/c1-4-7-10-13-16-19-22-25-28-31-33-34-35-37-39-42-45-48-51-54-57-60-66(69)72-63-64(62-71-65(68)59-56-53-50-47-44-41-38-30-27-24-21-18-15-12-9-6-3)73-67(70)61-58-55-52-49-46-43-40-36-32-29-26-23-20-17-14-11-8-5-2/h30-31,33,38,64H,4-29,32,34-37,39-63H2,1-3H3/b33-31-,38-30-. The maximum Gasteiger partial charge on any atom is 0.306 e. The molecule has 0 bridgehead atoms. The van der Waals surface area contributed by atoms with E-state index in [1.165, 1.54) is 263 Å². The molecule has 0 aliphatic carbocycles. The van der Waals surface area contributed by atoms with Crippen molar-refractivity contribution in [2.45, 2.75) is 374 Å². The average Bonchev–Trinajstić information content (AvgIpc) is 3.39. The average molecular weight is 1030 g/mol. The molecule has 1 unspecified atom stereocenters. The van der Waals surface area contributed by atoms with Gasteiger partial charge in [0.25, 0.3) is 0 Å². The molecule has 430 valence electrons. The van der Waals surface area contributed by atoms with Crippen LogP contribution in [-0.4, -0.2) is 37.2 Å². The molecule has 0 saturated heterocycles. The van der Waals surface area contributed by atoms with Crippen molar-refractivity contribution in [3.8, 4) is 0 Å². The highest BCUT2D eigenvalue weighted by molar-refractivity contribution is 5.71. The maximum atomic E-state index is 12.9. The van der Waals surface area contributed by atoms with Crippen molar-refractivity contribution in [2.75, 3.05) is 13.2 Å². The number of hydrogen-bond donors (Lipinski definition) is 0. The van der Waals surface area contributed by atoms with Crippen LogP contribution >= 0.6 is 0 Å². The van der Waals surface area contributed by atoms with Crippen LogP contribution in [0, 0.1) is 0 Å². The Balaban J connectivity index is 4.31. The first-order valence-corrected chi connectivity index (χ1v) is 32.8. The highest BCUT2D eigenvalue weighted by atomic mass is 16.6. The van der Waals surface area contributed by atoms with Gasteiger partial charge in [-0.1, -0.05) is 302 Å². The quantitative estimate of drug-likeness (QED) is 0.0261. The van der Waals surface area contributed by atoms with Gasteiger partial charge in [0.2, 0.25) is 0 Å². The molecule has 0 heterocycles. The zero-order valence-corrected chi connectivity index (χ0v) is 49.4. The number of carbonyl (C=O) groups is 3.